The highest BCUT2D eigenvalue weighted by atomic mass is 19.4. The zero-order valence-corrected chi connectivity index (χ0v) is 19.2. The summed E-state index contributed by atoms with van der Waals surface area (Å²) in [5.74, 6) is -1.27. The standard InChI is InChI=1S/C21H26F3N7O3/c1-11(2)17(28-16(32)5-6-21(22,23)24)13-7-15-27-14(10-31(15)26-8-13)9-25-20(33)19-18(12(3)4)29-34-30-19/h7-8,10-12,17H,5-6,9H2,1-4H3,(H,25,33)(H,28,32). The lowest BCUT2D eigenvalue weighted by molar-refractivity contribution is -0.144. The van der Waals surface area contributed by atoms with Gasteiger partial charge in [0.2, 0.25) is 5.91 Å². The van der Waals surface area contributed by atoms with Crippen LogP contribution in [0.5, 0.6) is 0 Å². The van der Waals surface area contributed by atoms with E-state index in [9.17, 15) is 22.8 Å². The minimum atomic E-state index is -4.40. The molecule has 184 valence electrons. The first-order valence-electron chi connectivity index (χ1n) is 10.8. The summed E-state index contributed by atoms with van der Waals surface area (Å²) >= 11 is 0. The van der Waals surface area contributed by atoms with Crippen molar-refractivity contribution in [3.63, 3.8) is 0 Å². The lowest BCUT2D eigenvalue weighted by Crippen LogP contribution is -2.32. The number of carbonyl (C=O) groups is 2. The summed E-state index contributed by atoms with van der Waals surface area (Å²) in [6.45, 7) is 7.52. The summed E-state index contributed by atoms with van der Waals surface area (Å²) < 4.78 is 43.4. The van der Waals surface area contributed by atoms with E-state index >= 15 is 0 Å². The number of rotatable bonds is 9. The molecule has 0 saturated carbocycles. The van der Waals surface area contributed by atoms with Gasteiger partial charge in [-0.2, -0.15) is 18.3 Å². The fourth-order valence-electron chi connectivity index (χ4n) is 3.32. The maximum absolute atomic E-state index is 12.4. The van der Waals surface area contributed by atoms with Gasteiger partial charge < -0.3 is 10.6 Å². The van der Waals surface area contributed by atoms with Gasteiger partial charge in [-0.1, -0.05) is 32.9 Å². The van der Waals surface area contributed by atoms with Crippen LogP contribution in [0.25, 0.3) is 5.65 Å². The van der Waals surface area contributed by atoms with Gasteiger partial charge in [-0.05, 0) is 22.7 Å². The molecule has 10 nitrogen and oxygen atoms in total. The number of fused-ring (bicyclic) bond motifs is 1. The largest absolute Gasteiger partial charge is 0.389 e. The van der Waals surface area contributed by atoms with Crippen LogP contribution in [-0.4, -0.2) is 42.9 Å². The molecule has 3 aromatic heterocycles. The summed E-state index contributed by atoms with van der Waals surface area (Å²) in [5.41, 5.74) is 2.16. The van der Waals surface area contributed by atoms with E-state index in [4.69, 9.17) is 0 Å². The average Bonchev–Trinajstić information content (AvgIpc) is 3.40. The van der Waals surface area contributed by atoms with Crippen molar-refractivity contribution in [1.29, 1.82) is 0 Å². The molecule has 1 unspecified atom stereocenters. The van der Waals surface area contributed by atoms with Gasteiger partial charge in [0.25, 0.3) is 5.91 Å². The Kier molecular flexibility index (Phi) is 7.52. The topological polar surface area (TPSA) is 127 Å². The molecule has 0 aromatic carbocycles. The molecule has 1 atom stereocenters. The maximum atomic E-state index is 12.4. The normalized spacial score (nSPS) is 13.0. The van der Waals surface area contributed by atoms with Crippen molar-refractivity contribution in [2.75, 3.05) is 0 Å². The van der Waals surface area contributed by atoms with Gasteiger partial charge in [0.05, 0.1) is 37.1 Å². The Morgan fingerprint density at radius 2 is 1.91 bits per heavy atom. The van der Waals surface area contributed by atoms with E-state index in [0.717, 1.165) is 0 Å². The first-order chi connectivity index (χ1) is 15.9. The van der Waals surface area contributed by atoms with Crippen molar-refractivity contribution in [3.05, 3.63) is 41.1 Å². The molecule has 3 rings (SSSR count). The molecule has 0 saturated heterocycles. The Balaban J connectivity index is 1.70. The van der Waals surface area contributed by atoms with Gasteiger partial charge in [0, 0.05) is 12.3 Å². The highest BCUT2D eigenvalue weighted by molar-refractivity contribution is 5.93. The first-order valence-corrected chi connectivity index (χ1v) is 10.8. The third-order valence-electron chi connectivity index (χ3n) is 5.07. The number of hydrogen-bond donors (Lipinski definition) is 2. The lowest BCUT2D eigenvalue weighted by atomic mass is 9.97. The summed E-state index contributed by atoms with van der Waals surface area (Å²) in [6.07, 6.45) is -3.06. The molecule has 3 aromatic rings. The van der Waals surface area contributed by atoms with Gasteiger partial charge in [-0.25, -0.2) is 14.1 Å². The third-order valence-corrected chi connectivity index (χ3v) is 5.07. The SMILES string of the molecule is CC(C)c1nonc1C(=O)NCc1cn2ncc(C(NC(=O)CCC(F)(F)F)C(C)C)cc2n1. The fourth-order valence-corrected chi connectivity index (χ4v) is 3.32. The van der Waals surface area contributed by atoms with Crippen LogP contribution in [-0.2, 0) is 11.3 Å². The van der Waals surface area contributed by atoms with E-state index in [1.54, 1.807) is 12.3 Å². The minimum absolute atomic E-state index is 0.0346. The lowest BCUT2D eigenvalue weighted by Gasteiger charge is -2.22. The number of halogens is 3. The number of amides is 2. The Labute approximate surface area is 193 Å². The average molecular weight is 481 g/mol. The van der Waals surface area contributed by atoms with Crippen molar-refractivity contribution >= 4 is 17.5 Å². The van der Waals surface area contributed by atoms with Crippen molar-refractivity contribution in [2.24, 2.45) is 5.92 Å². The van der Waals surface area contributed by atoms with Gasteiger partial charge >= 0.3 is 6.18 Å². The molecule has 0 aliphatic carbocycles. The van der Waals surface area contributed by atoms with Crippen LogP contribution in [0.1, 0.15) is 79.9 Å². The van der Waals surface area contributed by atoms with Crippen LogP contribution in [0.2, 0.25) is 0 Å². The molecular formula is C21H26F3N7O3. The number of nitrogens with one attached hydrogen (secondary N) is 2. The molecule has 0 radical (unpaired) electrons. The van der Waals surface area contributed by atoms with E-state index in [0.29, 0.717) is 22.6 Å². The van der Waals surface area contributed by atoms with E-state index in [2.05, 4.69) is 35.7 Å². The quantitative estimate of drug-likeness (QED) is 0.480. The van der Waals surface area contributed by atoms with E-state index in [1.165, 1.54) is 10.7 Å². The van der Waals surface area contributed by atoms with Crippen molar-refractivity contribution in [1.82, 2.24) is 35.5 Å². The summed E-state index contributed by atoms with van der Waals surface area (Å²) in [5, 5.41) is 17.1. The van der Waals surface area contributed by atoms with Gasteiger partial charge in [-0.15, -0.1) is 0 Å². The zero-order chi connectivity index (χ0) is 25.0. The molecule has 0 spiro atoms. The summed E-state index contributed by atoms with van der Waals surface area (Å²) in [6, 6.07) is 1.16. The second-order valence-electron chi connectivity index (χ2n) is 8.56. The number of carbonyl (C=O) groups excluding carboxylic acids is 2. The van der Waals surface area contributed by atoms with E-state index < -0.39 is 36.9 Å². The molecule has 2 N–H and O–H groups in total. The molecule has 0 aliphatic heterocycles. The number of hydrogen-bond acceptors (Lipinski definition) is 7. The molecule has 0 bridgehead atoms. The number of nitrogens with zero attached hydrogens (tertiary/aromatic N) is 5. The molecule has 0 aliphatic rings. The molecule has 2 amide bonds. The van der Waals surface area contributed by atoms with Gasteiger partial charge in [0.15, 0.2) is 11.3 Å². The van der Waals surface area contributed by atoms with E-state index in [-0.39, 0.29) is 24.1 Å². The third kappa shape index (κ3) is 6.29. The van der Waals surface area contributed by atoms with Gasteiger partial charge in [-0.3, -0.25) is 9.59 Å². The van der Waals surface area contributed by atoms with Crippen LogP contribution in [0.4, 0.5) is 13.2 Å². The second-order valence-corrected chi connectivity index (χ2v) is 8.56. The van der Waals surface area contributed by atoms with E-state index in [1.807, 2.05) is 27.7 Å². The Morgan fingerprint density at radius 3 is 2.56 bits per heavy atom. The van der Waals surface area contributed by atoms with Crippen LogP contribution in [0.3, 0.4) is 0 Å². The molecule has 0 fully saturated rings. The highest BCUT2D eigenvalue weighted by Crippen LogP contribution is 2.24. The second kappa shape index (κ2) is 10.2. The Bertz CT molecular complexity index is 1150. The zero-order valence-electron chi connectivity index (χ0n) is 19.2. The Hall–Kier alpha value is -3.51. The molecule has 34 heavy (non-hydrogen) atoms. The smallest absolute Gasteiger partial charge is 0.349 e. The number of alkyl halides is 3. The van der Waals surface area contributed by atoms with Gasteiger partial charge in [0.1, 0.15) is 5.69 Å². The Morgan fingerprint density at radius 1 is 1.18 bits per heavy atom. The minimum Gasteiger partial charge on any atom is -0.349 e. The summed E-state index contributed by atoms with van der Waals surface area (Å²) in [7, 11) is 0. The monoisotopic (exact) mass is 481 g/mol. The number of aromatic nitrogens is 5. The maximum Gasteiger partial charge on any atom is 0.389 e. The predicted octanol–water partition coefficient (Wildman–Crippen LogP) is 3.32. The fraction of sp³-hybridized carbons (Fsp3) is 0.524. The number of imidazole rings is 1. The van der Waals surface area contributed by atoms with Crippen molar-refractivity contribution in [3.8, 4) is 0 Å². The van der Waals surface area contributed by atoms with Crippen molar-refractivity contribution in [2.45, 2.75) is 65.2 Å². The van der Waals surface area contributed by atoms with Crippen molar-refractivity contribution < 1.29 is 27.4 Å². The molecule has 13 heteroatoms. The first kappa shape index (κ1) is 25.1. The van der Waals surface area contributed by atoms with Crippen LogP contribution < -0.4 is 10.6 Å². The summed E-state index contributed by atoms with van der Waals surface area (Å²) in [4.78, 5) is 28.9. The molecule has 3 heterocycles. The molecular weight excluding hydrogens is 455 g/mol. The van der Waals surface area contributed by atoms with Crippen LogP contribution in [0, 0.1) is 5.92 Å². The predicted molar refractivity (Wildman–Crippen MR) is 114 cm³/mol. The highest BCUT2D eigenvalue weighted by Gasteiger charge is 2.29. The van der Waals surface area contributed by atoms with Crippen LogP contribution >= 0.6 is 0 Å². The van der Waals surface area contributed by atoms with Crippen LogP contribution in [0.15, 0.2) is 23.1 Å².